The summed E-state index contributed by atoms with van der Waals surface area (Å²) in [4.78, 5) is 11.3. The van der Waals surface area contributed by atoms with E-state index >= 15 is 0 Å². The Morgan fingerprint density at radius 2 is 2.19 bits per heavy atom. The first-order chi connectivity index (χ1) is 7.58. The highest BCUT2D eigenvalue weighted by atomic mass is 79.9. The highest BCUT2D eigenvalue weighted by Gasteiger charge is 2.13. The molecule has 0 aliphatic carbocycles. The van der Waals surface area contributed by atoms with Crippen LogP contribution in [0.2, 0.25) is 0 Å². The number of esters is 1. The molecule has 1 aromatic carbocycles. The van der Waals surface area contributed by atoms with E-state index in [1.54, 1.807) is 13.0 Å². The average Bonchev–Trinajstić information content (AvgIpc) is 2.17. The molecule has 0 heterocycles. The molecule has 16 heavy (non-hydrogen) atoms. The third-order valence-corrected chi connectivity index (χ3v) is 3.04. The Bertz CT molecular complexity index is 394. The van der Waals surface area contributed by atoms with E-state index in [1.165, 1.54) is 6.07 Å². The molecule has 0 aliphatic rings. The molecule has 1 rings (SSSR count). The van der Waals surface area contributed by atoms with Crippen molar-refractivity contribution in [3.63, 3.8) is 0 Å². The summed E-state index contributed by atoms with van der Waals surface area (Å²) in [5, 5.41) is 0.376. The Kier molecular flexibility index (Phi) is 5.41. The summed E-state index contributed by atoms with van der Waals surface area (Å²) in [7, 11) is 0. The molecular weight excluding hydrogens is 343 g/mol. The lowest BCUT2D eigenvalue weighted by atomic mass is 10.1. The monoisotopic (exact) mass is 352 g/mol. The summed E-state index contributed by atoms with van der Waals surface area (Å²) >= 11 is 6.40. The van der Waals surface area contributed by atoms with E-state index in [-0.39, 0.29) is 18.2 Å². The van der Waals surface area contributed by atoms with Crippen LogP contribution in [0.5, 0.6) is 0 Å². The van der Waals surface area contributed by atoms with Crippen LogP contribution in [0.1, 0.15) is 18.1 Å². The molecule has 2 nitrogen and oxygen atoms in total. The summed E-state index contributed by atoms with van der Waals surface area (Å²) in [5.41, 5.74) is 1.14. The standard InChI is InChI=1S/C11H11Br2FO2/c1-2-16-11(15)4-7-3-8(13)5-10(14)9(7)6-12/h3,5H,2,4,6H2,1H3. The number of hydrogen-bond acceptors (Lipinski definition) is 2. The van der Waals surface area contributed by atoms with Gasteiger partial charge in [-0.3, -0.25) is 4.79 Å². The average molecular weight is 354 g/mol. The third-order valence-electron chi connectivity index (χ3n) is 2.03. The molecule has 0 N–H and O–H groups in total. The highest BCUT2D eigenvalue weighted by molar-refractivity contribution is 9.10. The van der Waals surface area contributed by atoms with E-state index in [1.807, 2.05) is 0 Å². The minimum Gasteiger partial charge on any atom is -0.466 e. The maximum atomic E-state index is 13.5. The Morgan fingerprint density at radius 3 is 2.75 bits per heavy atom. The Labute approximate surface area is 110 Å². The van der Waals surface area contributed by atoms with Crippen LogP contribution in [-0.2, 0) is 21.3 Å². The van der Waals surface area contributed by atoms with Crippen LogP contribution >= 0.6 is 31.9 Å². The van der Waals surface area contributed by atoms with Crippen LogP contribution in [0.3, 0.4) is 0 Å². The van der Waals surface area contributed by atoms with Gasteiger partial charge in [0.15, 0.2) is 0 Å². The maximum Gasteiger partial charge on any atom is 0.310 e. The van der Waals surface area contributed by atoms with Crippen LogP contribution in [0, 0.1) is 5.82 Å². The molecule has 0 spiro atoms. The number of carbonyl (C=O) groups excluding carboxylic acids is 1. The summed E-state index contributed by atoms with van der Waals surface area (Å²) in [6, 6.07) is 3.11. The number of benzene rings is 1. The number of carbonyl (C=O) groups is 1. The maximum absolute atomic E-state index is 13.5. The minimum absolute atomic E-state index is 0.0884. The van der Waals surface area contributed by atoms with E-state index in [9.17, 15) is 9.18 Å². The smallest absolute Gasteiger partial charge is 0.310 e. The first-order valence-corrected chi connectivity index (χ1v) is 6.68. The van der Waals surface area contributed by atoms with Crippen molar-refractivity contribution in [1.82, 2.24) is 0 Å². The van der Waals surface area contributed by atoms with Gasteiger partial charge in [-0.05, 0) is 24.6 Å². The first kappa shape index (κ1) is 13.6. The van der Waals surface area contributed by atoms with Gasteiger partial charge in [0, 0.05) is 15.4 Å². The summed E-state index contributed by atoms with van der Waals surface area (Å²) in [5.74, 6) is -0.673. The zero-order chi connectivity index (χ0) is 12.1. The Morgan fingerprint density at radius 1 is 1.50 bits per heavy atom. The second kappa shape index (κ2) is 6.35. The molecule has 0 unspecified atom stereocenters. The van der Waals surface area contributed by atoms with Gasteiger partial charge in [0.2, 0.25) is 0 Å². The fourth-order valence-electron chi connectivity index (χ4n) is 1.33. The minimum atomic E-state index is -0.345. The molecule has 0 bridgehead atoms. The van der Waals surface area contributed by atoms with Gasteiger partial charge in [-0.25, -0.2) is 4.39 Å². The van der Waals surface area contributed by atoms with Crippen LogP contribution < -0.4 is 0 Å². The topological polar surface area (TPSA) is 26.3 Å². The van der Waals surface area contributed by atoms with E-state index in [2.05, 4.69) is 31.9 Å². The van der Waals surface area contributed by atoms with E-state index in [0.29, 0.717) is 27.5 Å². The molecule has 0 fully saturated rings. The molecule has 0 saturated carbocycles. The van der Waals surface area contributed by atoms with Gasteiger partial charge in [0.1, 0.15) is 5.82 Å². The van der Waals surface area contributed by atoms with Crippen molar-refractivity contribution >= 4 is 37.8 Å². The molecule has 0 amide bonds. The van der Waals surface area contributed by atoms with Crippen molar-refractivity contribution in [3.05, 3.63) is 33.5 Å². The van der Waals surface area contributed by atoms with Crippen molar-refractivity contribution in [2.45, 2.75) is 18.7 Å². The zero-order valence-corrected chi connectivity index (χ0v) is 11.9. The van der Waals surface area contributed by atoms with E-state index in [4.69, 9.17) is 4.74 Å². The largest absolute Gasteiger partial charge is 0.466 e. The SMILES string of the molecule is CCOC(=O)Cc1cc(Br)cc(F)c1CBr. The van der Waals surface area contributed by atoms with E-state index < -0.39 is 0 Å². The van der Waals surface area contributed by atoms with Crippen LogP contribution in [0.25, 0.3) is 0 Å². The summed E-state index contributed by atoms with van der Waals surface area (Å²) < 4.78 is 19.0. The number of alkyl halides is 1. The molecule has 0 aliphatic heterocycles. The van der Waals surface area contributed by atoms with E-state index in [0.717, 1.165) is 0 Å². The van der Waals surface area contributed by atoms with Gasteiger partial charge in [-0.1, -0.05) is 31.9 Å². The predicted octanol–water partition coefficient (Wildman–Crippen LogP) is 3.59. The fraction of sp³-hybridized carbons (Fsp3) is 0.364. The lowest BCUT2D eigenvalue weighted by Crippen LogP contribution is -2.09. The van der Waals surface area contributed by atoms with Crippen LogP contribution in [0.15, 0.2) is 16.6 Å². The van der Waals surface area contributed by atoms with Gasteiger partial charge in [-0.15, -0.1) is 0 Å². The fourth-order valence-corrected chi connectivity index (χ4v) is 2.44. The molecular formula is C11H11Br2FO2. The van der Waals surface area contributed by atoms with Crippen LogP contribution in [-0.4, -0.2) is 12.6 Å². The summed E-state index contributed by atoms with van der Waals surface area (Å²) in [6.07, 6.45) is 0.0884. The molecule has 88 valence electrons. The van der Waals surface area contributed by atoms with Gasteiger partial charge in [0.25, 0.3) is 0 Å². The second-order valence-corrected chi connectivity index (χ2v) is 4.62. The quantitative estimate of drug-likeness (QED) is 0.610. The molecule has 0 radical (unpaired) electrons. The van der Waals surface area contributed by atoms with Gasteiger partial charge in [0.05, 0.1) is 13.0 Å². The Hall–Kier alpha value is -0.420. The number of hydrogen-bond donors (Lipinski definition) is 0. The lowest BCUT2D eigenvalue weighted by molar-refractivity contribution is -0.142. The molecule has 5 heteroatoms. The van der Waals surface area contributed by atoms with Crippen molar-refractivity contribution in [3.8, 4) is 0 Å². The number of ether oxygens (including phenoxy) is 1. The molecule has 0 atom stereocenters. The summed E-state index contributed by atoms with van der Waals surface area (Å²) in [6.45, 7) is 2.07. The van der Waals surface area contributed by atoms with Gasteiger partial charge in [-0.2, -0.15) is 0 Å². The molecule has 1 aromatic rings. The normalized spacial score (nSPS) is 10.2. The highest BCUT2D eigenvalue weighted by Crippen LogP contribution is 2.23. The zero-order valence-electron chi connectivity index (χ0n) is 8.73. The van der Waals surface area contributed by atoms with Crippen LogP contribution in [0.4, 0.5) is 4.39 Å². The van der Waals surface area contributed by atoms with Crippen molar-refractivity contribution < 1.29 is 13.9 Å². The molecule has 0 aromatic heterocycles. The van der Waals surface area contributed by atoms with Crippen molar-refractivity contribution in [2.24, 2.45) is 0 Å². The second-order valence-electron chi connectivity index (χ2n) is 3.14. The third kappa shape index (κ3) is 3.56. The van der Waals surface area contributed by atoms with Crippen molar-refractivity contribution in [2.75, 3.05) is 6.61 Å². The first-order valence-electron chi connectivity index (χ1n) is 4.76. The lowest BCUT2D eigenvalue weighted by Gasteiger charge is -2.09. The predicted molar refractivity (Wildman–Crippen MR) is 67.1 cm³/mol. The molecule has 0 saturated heterocycles. The number of rotatable bonds is 4. The van der Waals surface area contributed by atoms with Gasteiger partial charge < -0.3 is 4.74 Å². The number of halogens is 3. The van der Waals surface area contributed by atoms with Gasteiger partial charge >= 0.3 is 5.97 Å². The van der Waals surface area contributed by atoms with Crippen molar-refractivity contribution in [1.29, 1.82) is 0 Å². The Balaban J connectivity index is 2.97.